The van der Waals surface area contributed by atoms with Crippen LogP contribution in [0.2, 0.25) is 0 Å². The molecule has 0 aliphatic heterocycles. The smallest absolute Gasteiger partial charge is 0.283 e. The average Bonchev–Trinajstić information content (AvgIpc) is 2.64. The maximum absolute atomic E-state index is 11.9. The fourth-order valence-electron chi connectivity index (χ4n) is 2.43. The molecule has 0 atom stereocenters. The molecule has 2 rings (SSSR count). The van der Waals surface area contributed by atoms with Crippen molar-refractivity contribution < 1.29 is 0 Å². The summed E-state index contributed by atoms with van der Waals surface area (Å²) in [6.45, 7) is 2.51. The fourth-order valence-corrected chi connectivity index (χ4v) is 2.86. The summed E-state index contributed by atoms with van der Waals surface area (Å²) in [6, 6.07) is 0.475. The lowest BCUT2D eigenvalue weighted by atomic mass is 10.1. The highest BCUT2D eigenvalue weighted by atomic mass is 79.9. The molecule has 1 aliphatic carbocycles. The van der Waals surface area contributed by atoms with Crippen LogP contribution in [0.1, 0.15) is 45.4 Å². The molecule has 4 nitrogen and oxygen atoms in total. The zero-order chi connectivity index (χ0) is 13.0. The van der Waals surface area contributed by atoms with Crippen LogP contribution in [0.3, 0.4) is 0 Å². The summed E-state index contributed by atoms with van der Waals surface area (Å²) < 4.78 is 2.06. The Morgan fingerprint density at radius 3 is 2.67 bits per heavy atom. The summed E-state index contributed by atoms with van der Waals surface area (Å²) in [5, 5.41) is 7.62. The maximum atomic E-state index is 11.9. The van der Waals surface area contributed by atoms with E-state index < -0.39 is 0 Å². The van der Waals surface area contributed by atoms with Gasteiger partial charge in [-0.2, -0.15) is 5.10 Å². The molecule has 1 saturated carbocycles. The lowest BCUT2D eigenvalue weighted by Crippen LogP contribution is -2.26. The van der Waals surface area contributed by atoms with E-state index in [0.29, 0.717) is 17.1 Å². The van der Waals surface area contributed by atoms with Crippen LogP contribution in [0.15, 0.2) is 15.5 Å². The molecule has 0 bridgehead atoms. The summed E-state index contributed by atoms with van der Waals surface area (Å²) in [5.74, 6) is 0. The number of anilines is 1. The van der Waals surface area contributed by atoms with Gasteiger partial charge < -0.3 is 5.32 Å². The first-order valence-corrected chi connectivity index (χ1v) is 7.54. The molecule has 0 radical (unpaired) electrons. The highest BCUT2D eigenvalue weighted by Crippen LogP contribution is 2.23. The molecule has 18 heavy (non-hydrogen) atoms. The van der Waals surface area contributed by atoms with Gasteiger partial charge in [0, 0.05) is 12.6 Å². The zero-order valence-corrected chi connectivity index (χ0v) is 12.4. The van der Waals surface area contributed by atoms with Gasteiger partial charge in [-0.1, -0.05) is 25.7 Å². The van der Waals surface area contributed by atoms with Gasteiger partial charge in [-0.3, -0.25) is 4.79 Å². The van der Waals surface area contributed by atoms with Gasteiger partial charge in [-0.15, -0.1) is 0 Å². The molecule has 0 aromatic carbocycles. The first kappa shape index (κ1) is 13.6. The first-order valence-electron chi connectivity index (χ1n) is 6.74. The molecule has 1 aromatic heterocycles. The molecule has 1 N–H and O–H groups in total. The highest BCUT2D eigenvalue weighted by molar-refractivity contribution is 9.10. The maximum Gasteiger partial charge on any atom is 0.283 e. The number of nitrogens with zero attached hydrogens (tertiary/aromatic N) is 2. The third-order valence-corrected chi connectivity index (χ3v) is 4.27. The number of rotatable bonds is 3. The average molecular weight is 314 g/mol. The molecule has 0 spiro atoms. The second-order valence-electron chi connectivity index (χ2n) is 4.83. The van der Waals surface area contributed by atoms with E-state index in [1.54, 1.807) is 6.20 Å². The SMILES string of the molecule is CCn1ncc(NC2CCCCCC2)c(Br)c1=O. The van der Waals surface area contributed by atoms with E-state index >= 15 is 0 Å². The van der Waals surface area contributed by atoms with Crippen LogP contribution >= 0.6 is 15.9 Å². The van der Waals surface area contributed by atoms with E-state index in [2.05, 4.69) is 26.3 Å². The van der Waals surface area contributed by atoms with Crippen LogP contribution < -0.4 is 10.9 Å². The summed E-state index contributed by atoms with van der Waals surface area (Å²) in [6.07, 6.45) is 9.32. The van der Waals surface area contributed by atoms with E-state index in [1.165, 1.54) is 43.2 Å². The molecular weight excluding hydrogens is 294 g/mol. The van der Waals surface area contributed by atoms with E-state index in [4.69, 9.17) is 0 Å². The van der Waals surface area contributed by atoms with Crippen LogP contribution in [0, 0.1) is 0 Å². The number of halogens is 1. The Balaban J connectivity index is 2.13. The van der Waals surface area contributed by atoms with Gasteiger partial charge in [0.05, 0.1) is 11.9 Å². The number of nitrogens with one attached hydrogen (secondary N) is 1. The standard InChI is InChI=1S/C13H20BrN3O/c1-2-17-13(18)12(14)11(9-15-17)16-10-7-5-3-4-6-8-10/h9-10,16H,2-8H2,1H3. The third-order valence-electron chi connectivity index (χ3n) is 3.50. The topological polar surface area (TPSA) is 46.9 Å². The Morgan fingerprint density at radius 1 is 1.39 bits per heavy atom. The van der Waals surface area contributed by atoms with Gasteiger partial charge in [-0.05, 0) is 35.7 Å². The van der Waals surface area contributed by atoms with Crippen molar-refractivity contribution in [1.82, 2.24) is 9.78 Å². The van der Waals surface area contributed by atoms with Crippen molar-refractivity contribution in [1.29, 1.82) is 0 Å². The van der Waals surface area contributed by atoms with Crippen LogP contribution in [0.4, 0.5) is 5.69 Å². The lowest BCUT2D eigenvalue weighted by Gasteiger charge is -2.18. The van der Waals surface area contributed by atoms with Gasteiger partial charge in [0.2, 0.25) is 0 Å². The predicted molar refractivity (Wildman–Crippen MR) is 77.0 cm³/mol. The van der Waals surface area contributed by atoms with Crippen molar-refractivity contribution in [2.24, 2.45) is 0 Å². The fraction of sp³-hybridized carbons (Fsp3) is 0.692. The van der Waals surface area contributed by atoms with Crippen LogP contribution in [0.25, 0.3) is 0 Å². The van der Waals surface area contributed by atoms with Crippen molar-refractivity contribution in [3.63, 3.8) is 0 Å². The Bertz CT molecular complexity index is 450. The molecule has 5 heteroatoms. The zero-order valence-electron chi connectivity index (χ0n) is 10.8. The Hall–Kier alpha value is -0.840. The quantitative estimate of drug-likeness (QED) is 0.872. The number of hydrogen-bond donors (Lipinski definition) is 1. The van der Waals surface area contributed by atoms with E-state index in [-0.39, 0.29) is 5.56 Å². The molecule has 0 amide bonds. The van der Waals surface area contributed by atoms with Crippen molar-refractivity contribution in [2.45, 2.75) is 58.0 Å². The third kappa shape index (κ3) is 3.13. The number of aromatic nitrogens is 2. The Labute approximate surface area is 116 Å². The highest BCUT2D eigenvalue weighted by Gasteiger charge is 2.15. The van der Waals surface area contributed by atoms with E-state index in [9.17, 15) is 4.79 Å². The minimum atomic E-state index is -0.0591. The van der Waals surface area contributed by atoms with Crippen molar-refractivity contribution in [3.05, 3.63) is 21.0 Å². The van der Waals surface area contributed by atoms with E-state index in [1.807, 2.05) is 6.92 Å². The van der Waals surface area contributed by atoms with Gasteiger partial charge in [0.1, 0.15) is 4.47 Å². The molecule has 0 unspecified atom stereocenters. The van der Waals surface area contributed by atoms with Crippen molar-refractivity contribution >= 4 is 21.6 Å². The van der Waals surface area contributed by atoms with Crippen LogP contribution in [0.5, 0.6) is 0 Å². The first-order chi connectivity index (χ1) is 8.72. The molecule has 0 saturated heterocycles. The van der Waals surface area contributed by atoms with Crippen LogP contribution in [-0.4, -0.2) is 15.8 Å². The summed E-state index contributed by atoms with van der Waals surface area (Å²) >= 11 is 3.38. The van der Waals surface area contributed by atoms with E-state index in [0.717, 1.165) is 5.69 Å². The van der Waals surface area contributed by atoms with Crippen molar-refractivity contribution in [3.8, 4) is 0 Å². The number of aryl methyl sites for hydroxylation is 1. The van der Waals surface area contributed by atoms with Crippen molar-refractivity contribution in [2.75, 3.05) is 5.32 Å². The summed E-state index contributed by atoms with van der Waals surface area (Å²) in [4.78, 5) is 11.9. The molecule has 1 fully saturated rings. The molecule has 1 aromatic rings. The monoisotopic (exact) mass is 313 g/mol. The number of hydrogen-bond acceptors (Lipinski definition) is 3. The second-order valence-corrected chi connectivity index (χ2v) is 5.62. The molecule has 1 heterocycles. The van der Waals surface area contributed by atoms with Crippen LogP contribution in [-0.2, 0) is 6.54 Å². The van der Waals surface area contributed by atoms with Gasteiger partial charge in [0.15, 0.2) is 0 Å². The summed E-state index contributed by atoms with van der Waals surface area (Å²) in [7, 11) is 0. The summed E-state index contributed by atoms with van der Waals surface area (Å²) in [5.41, 5.74) is 0.771. The van der Waals surface area contributed by atoms with Gasteiger partial charge >= 0.3 is 0 Å². The van der Waals surface area contributed by atoms with Gasteiger partial charge in [-0.25, -0.2) is 4.68 Å². The Kier molecular flexibility index (Phi) is 4.80. The lowest BCUT2D eigenvalue weighted by molar-refractivity contribution is 0.600. The van der Waals surface area contributed by atoms with Gasteiger partial charge in [0.25, 0.3) is 5.56 Å². The molecule has 100 valence electrons. The second kappa shape index (κ2) is 6.36. The molecular formula is C13H20BrN3O. The largest absolute Gasteiger partial charge is 0.380 e. The Morgan fingerprint density at radius 2 is 2.06 bits per heavy atom. The minimum absolute atomic E-state index is 0.0591. The predicted octanol–water partition coefficient (Wildman–Crippen LogP) is 3.16. The normalized spacial score (nSPS) is 17.4. The molecule has 1 aliphatic rings. The minimum Gasteiger partial charge on any atom is -0.380 e.